The van der Waals surface area contributed by atoms with Crippen molar-refractivity contribution in [2.45, 2.75) is 102 Å². The van der Waals surface area contributed by atoms with Crippen LogP contribution < -0.4 is 0 Å². The number of aliphatic hydroxyl groups is 1. The highest BCUT2D eigenvalue weighted by Crippen LogP contribution is 2.73. The quantitative estimate of drug-likeness (QED) is 0.312. The molecule has 6 heteroatoms. The van der Waals surface area contributed by atoms with Gasteiger partial charge in [0.1, 0.15) is 36.6 Å². The molecule has 9 atom stereocenters. The van der Waals surface area contributed by atoms with Crippen LogP contribution in [-0.2, 0) is 43.5 Å². The Morgan fingerprint density at radius 3 is 1.53 bits per heavy atom. The predicted molar refractivity (Wildman–Crippen MR) is 163 cm³/mol. The molecule has 7 rings (SSSR count). The maximum Gasteiger partial charge on any atom is 0.175 e. The van der Waals surface area contributed by atoms with E-state index in [-0.39, 0.29) is 10.8 Å². The Morgan fingerprint density at radius 2 is 1.09 bits per heavy atom. The van der Waals surface area contributed by atoms with Gasteiger partial charge in [-0.2, -0.15) is 0 Å². The van der Waals surface area contributed by atoms with Crippen molar-refractivity contribution in [3.63, 3.8) is 0 Å². The van der Waals surface area contributed by atoms with Crippen molar-refractivity contribution in [2.75, 3.05) is 0 Å². The standard InChI is InChI=1S/C37H44O6/c1-35(2)28-19-20-36(35,3)37(21-28)42-33-31(40-23-26-15-9-5-10-16-26)29(38)30(39-22-25-13-7-4-8-14-25)32(34(33)43-37)41-24-27-17-11-6-12-18-27/h4-18,28-34,38H,19-24H2,1-3H3/t28-,29-,30-,31-,32+,33-,34-,36-,37?/m0/s1. The van der Waals surface area contributed by atoms with E-state index in [1.165, 1.54) is 6.42 Å². The molecule has 1 saturated heterocycles. The second-order valence-electron chi connectivity index (χ2n) is 13.7. The summed E-state index contributed by atoms with van der Waals surface area (Å²) in [7, 11) is 0. The summed E-state index contributed by atoms with van der Waals surface area (Å²) in [5.74, 6) is -0.244. The largest absolute Gasteiger partial charge is 0.387 e. The molecule has 3 saturated carbocycles. The van der Waals surface area contributed by atoms with E-state index in [4.69, 9.17) is 23.7 Å². The fourth-order valence-corrected chi connectivity index (χ4v) is 8.29. The van der Waals surface area contributed by atoms with Gasteiger partial charge in [0.25, 0.3) is 0 Å². The van der Waals surface area contributed by atoms with Crippen molar-refractivity contribution in [1.29, 1.82) is 0 Å². The Labute approximate surface area is 255 Å². The Kier molecular flexibility index (Phi) is 7.73. The summed E-state index contributed by atoms with van der Waals surface area (Å²) < 4.78 is 34.1. The first kappa shape index (κ1) is 29.1. The minimum Gasteiger partial charge on any atom is -0.387 e. The van der Waals surface area contributed by atoms with Crippen LogP contribution in [-0.4, -0.2) is 47.5 Å². The zero-order valence-corrected chi connectivity index (χ0v) is 25.4. The van der Waals surface area contributed by atoms with Crippen LogP contribution in [0.2, 0.25) is 0 Å². The van der Waals surface area contributed by atoms with Crippen molar-refractivity contribution in [1.82, 2.24) is 0 Å². The minimum absolute atomic E-state index is 0.0725. The Bertz CT molecular complexity index is 1370. The van der Waals surface area contributed by atoms with Crippen LogP contribution in [0, 0.1) is 16.7 Å². The third kappa shape index (κ3) is 4.97. The Morgan fingerprint density at radius 1 is 0.651 bits per heavy atom. The number of benzene rings is 3. The molecular formula is C37H44O6. The highest BCUT2D eigenvalue weighted by molar-refractivity contribution is 5.21. The van der Waals surface area contributed by atoms with Gasteiger partial charge in [-0.05, 0) is 40.9 Å². The fourth-order valence-electron chi connectivity index (χ4n) is 8.29. The van der Waals surface area contributed by atoms with E-state index in [0.717, 1.165) is 29.5 Å². The average molecular weight is 585 g/mol. The van der Waals surface area contributed by atoms with E-state index < -0.39 is 42.4 Å². The first-order valence-corrected chi connectivity index (χ1v) is 15.8. The van der Waals surface area contributed by atoms with E-state index in [1.807, 2.05) is 78.9 Å². The third-order valence-corrected chi connectivity index (χ3v) is 11.3. The second-order valence-corrected chi connectivity index (χ2v) is 13.7. The average Bonchev–Trinajstić information content (AvgIpc) is 3.57. The van der Waals surface area contributed by atoms with Crippen LogP contribution in [0.1, 0.15) is 56.7 Å². The highest BCUT2D eigenvalue weighted by Gasteiger charge is 2.76. The molecule has 3 aromatic carbocycles. The van der Waals surface area contributed by atoms with Crippen LogP contribution in [0.4, 0.5) is 0 Å². The maximum atomic E-state index is 12.1. The topological polar surface area (TPSA) is 66.4 Å². The van der Waals surface area contributed by atoms with Gasteiger partial charge in [0.05, 0.1) is 19.8 Å². The first-order chi connectivity index (χ1) is 20.8. The molecule has 1 spiro atoms. The molecule has 4 aliphatic rings. The van der Waals surface area contributed by atoms with Crippen molar-refractivity contribution >= 4 is 0 Å². The molecule has 2 bridgehead atoms. The van der Waals surface area contributed by atoms with Crippen LogP contribution >= 0.6 is 0 Å². The first-order valence-electron chi connectivity index (χ1n) is 15.8. The lowest BCUT2D eigenvalue weighted by atomic mass is 9.68. The molecule has 1 unspecified atom stereocenters. The fraction of sp³-hybridized carbons (Fsp3) is 0.514. The van der Waals surface area contributed by atoms with Crippen LogP contribution in [0.15, 0.2) is 91.0 Å². The van der Waals surface area contributed by atoms with Gasteiger partial charge in [0.15, 0.2) is 5.79 Å². The Balaban J connectivity index is 1.23. The summed E-state index contributed by atoms with van der Waals surface area (Å²) in [4.78, 5) is 0. The molecule has 0 radical (unpaired) electrons. The van der Waals surface area contributed by atoms with Gasteiger partial charge >= 0.3 is 0 Å². The molecular weight excluding hydrogens is 540 g/mol. The van der Waals surface area contributed by atoms with Gasteiger partial charge in [0.2, 0.25) is 0 Å². The summed E-state index contributed by atoms with van der Waals surface area (Å²) in [6.45, 7) is 8.13. The summed E-state index contributed by atoms with van der Waals surface area (Å²) >= 11 is 0. The molecule has 3 aromatic rings. The Hall–Kier alpha value is -2.58. The molecule has 228 valence electrons. The van der Waals surface area contributed by atoms with Gasteiger partial charge in [0, 0.05) is 11.8 Å². The number of hydrogen-bond donors (Lipinski definition) is 1. The molecule has 0 amide bonds. The van der Waals surface area contributed by atoms with Gasteiger partial charge in [-0.3, -0.25) is 0 Å². The van der Waals surface area contributed by atoms with Crippen molar-refractivity contribution in [3.05, 3.63) is 108 Å². The summed E-state index contributed by atoms with van der Waals surface area (Å²) in [6, 6.07) is 30.2. The number of hydrogen-bond acceptors (Lipinski definition) is 6. The maximum absolute atomic E-state index is 12.1. The van der Waals surface area contributed by atoms with Gasteiger partial charge in [-0.25, -0.2) is 0 Å². The zero-order valence-electron chi connectivity index (χ0n) is 25.4. The van der Waals surface area contributed by atoms with Gasteiger partial charge in [-0.1, -0.05) is 112 Å². The molecule has 1 aliphatic heterocycles. The number of ether oxygens (including phenoxy) is 5. The van der Waals surface area contributed by atoms with Gasteiger partial charge < -0.3 is 28.8 Å². The molecule has 43 heavy (non-hydrogen) atoms. The minimum atomic E-state index is -0.979. The SMILES string of the molecule is CC1(C)[C@H]2CC[C@]1(C)C1(C2)O[C@@H]2[C@@H](O1)[C@@H](OCc1ccccc1)[C@@H](O)[C@H](OCc1ccccc1)[C@H]2OCc1ccccc1. The monoisotopic (exact) mass is 584 g/mol. The van der Waals surface area contributed by atoms with Crippen LogP contribution in [0.25, 0.3) is 0 Å². The van der Waals surface area contributed by atoms with Crippen molar-refractivity contribution < 1.29 is 28.8 Å². The number of rotatable bonds is 9. The van der Waals surface area contributed by atoms with E-state index in [9.17, 15) is 5.11 Å². The lowest BCUT2D eigenvalue weighted by Gasteiger charge is -2.45. The highest BCUT2D eigenvalue weighted by atomic mass is 16.8. The van der Waals surface area contributed by atoms with Crippen molar-refractivity contribution in [2.24, 2.45) is 16.7 Å². The number of fused-ring (bicyclic) bond motifs is 4. The molecule has 6 nitrogen and oxygen atoms in total. The van der Waals surface area contributed by atoms with E-state index in [0.29, 0.717) is 25.7 Å². The smallest absolute Gasteiger partial charge is 0.175 e. The van der Waals surface area contributed by atoms with Crippen LogP contribution in [0.5, 0.6) is 0 Å². The second kappa shape index (κ2) is 11.4. The van der Waals surface area contributed by atoms with E-state index >= 15 is 0 Å². The zero-order chi connectivity index (χ0) is 29.7. The molecule has 0 aromatic heterocycles. The third-order valence-electron chi connectivity index (χ3n) is 11.3. The molecule has 3 aliphatic carbocycles. The van der Waals surface area contributed by atoms with Gasteiger partial charge in [-0.15, -0.1) is 0 Å². The van der Waals surface area contributed by atoms with Crippen LogP contribution in [0.3, 0.4) is 0 Å². The molecule has 4 fully saturated rings. The van der Waals surface area contributed by atoms with Crippen molar-refractivity contribution in [3.8, 4) is 0 Å². The lowest BCUT2D eigenvalue weighted by molar-refractivity contribution is -0.259. The predicted octanol–water partition coefficient (Wildman–Crippen LogP) is 6.44. The van der Waals surface area contributed by atoms with E-state index in [2.05, 4.69) is 32.9 Å². The van der Waals surface area contributed by atoms with E-state index in [1.54, 1.807) is 0 Å². The normalized spacial score (nSPS) is 37.5. The lowest BCUT2D eigenvalue weighted by Crippen LogP contribution is -2.64. The summed E-state index contributed by atoms with van der Waals surface area (Å²) in [5, 5.41) is 12.1. The summed E-state index contributed by atoms with van der Waals surface area (Å²) in [6.07, 6.45) is -0.739. The molecule has 1 N–H and O–H groups in total. The summed E-state index contributed by atoms with van der Waals surface area (Å²) in [5.41, 5.74) is 3.03. The number of aliphatic hydroxyl groups excluding tert-OH is 1. The molecule has 1 heterocycles.